The quantitative estimate of drug-likeness (QED) is 0.649. The van der Waals surface area contributed by atoms with Gasteiger partial charge in [0.1, 0.15) is 0 Å². The molecule has 0 aliphatic carbocycles. The van der Waals surface area contributed by atoms with Crippen molar-refractivity contribution in [3.8, 4) is 0 Å². The van der Waals surface area contributed by atoms with Gasteiger partial charge in [-0.25, -0.2) is 8.78 Å². The molecule has 1 aromatic carbocycles. The lowest BCUT2D eigenvalue weighted by Crippen LogP contribution is -2.24. The highest BCUT2D eigenvalue weighted by molar-refractivity contribution is 9.12. The molecule has 0 atom stereocenters. The third kappa shape index (κ3) is 4.44. The van der Waals surface area contributed by atoms with Crippen LogP contribution in [0.5, 0.6) is 0 Å². The summed E-state index contributed by atoms with van der Waals surface area (Å²) in [5, 5.41) is 2.58. The molecular formula is C14H12BrF2NO. The molecule has 0 heterocycles. The lowest BCUT2D eigenvalue weighted by atomic mass is 10.2. The largest absolute Gasteiger partial charge is 0.348 e. The molecule has 1 N–H and O–H groups in total. The summed E-state index contributed by atoms with van der Waals surface area (Å²) in [6, 6.07) is 3.45. The van der Waals surface area contributed by atoms with Crippen molar-refractivity contribution in [1.82, 2.24) is 5.32 Å². The SMILES string of the molecule is C=C/C=C(\C(=C)Br)C(=O)NCc1ccc(F)c(F)c1. The Kier molecular flexibility index (Phi) is 5.63. The van der Waals surface area contributed by atoms with Gasteiger partial charge in [0, 0.05) is 11.0 Å². The van der Waals surface area contributed by atoms with Gasteiger partial charge in [-0.15, -0.1) is 0 Å². The second-order valence-corrected chi connectivity index (χ2v) is 4.61. The van der Waals surface area contributed by atoms with Gasteiger partial charge in [-0.1, -0.05) is 41.2 Å². The molecule has 0 aliphatic rings. The molecule has 0 aliphatic heterocycles. The molecule has 5 heteroatoms. The normalized spacial score (nSPS) is 11.0. The fourth-order valence-electron chi connectivity index (χ4n) is 1.33. The molecule has 1 rings (SSSR count). The monoisotopic (exact) mass is 327 g/mol. The van der Waals surface area contributed by atoms with Crippen molar-refractivity contribution < 1.29 is 13.6 Å². The highest BCUT2D eigenvalue weighted by Gasteiger charge is 2.10. The lowest BCUT2D eigenvalue weighted by molar-refractivity contribution is -0.117. The van der Waals surface area contributed by atoms with Crippen molar-refractivity contribution in [2.45, 2.75) is 6.54 Å². The van der Waals surface area contributed by atoms with E-state index >= 15 is 0 Å². The standard InChI is InChI=1S/C14H12BrF2NO/c1-3-4-11(9(2)15)14(19)18-8-10-5-6-12(16)13(17)7-10/h3-7H,1-2,8H2,(H,18,19)/b11-4+. The van der Waals surface area contributed by atoms with Gasteiger partial charge in [0.2, 0.25) is 0 Å². The third-order valence-corrected chi connectivity index (χ3v) is 2.69. The molecule has 0 fully saturated rings. The maximum Gasteiger partial charge on any atom is 0.252 e. The maximum atomic E-state index is 13.0. The van der Waals surface area contributed by atoms with Crippen LogP contribution in [-0.2, 0) is 11.3 Å². The highest BCUT2D eigenvalue weighted by Crippen LogP contribution is 2.15. The van der Waals surface area contributed by atoms with Gasteiger partial charge in [-0.05, 0) is 23.8 Å². The van der Waals surface area contributed by atoms with Crippen LogP contribution in [0.2, 0.25) is 0 Å². The molecule has 0 saturated heterocycles. The summed E-state index contributed by atoms with van der Waals surface area (Å²) < 4.78 is 26.1. The van der Waals surface area contributed by atoms with Gasteiger partial charge in [0.25, 0.3) is 5.91 Å². The second kappa shape index (κ2) is 6.99. The van der Waals surface area contributed by atoms with Crippen LogP contribution in [-0.4, -0.2) is 5.91 Å². The first-order valence-corrected chi connectivity index (χ1v) is 6.14. The smallest absolute Gasteiger partial charge is 0.252 e. The van der Waals surface area contributed by atoms with Gasteiger partial charge >= 0.3 is 0 Å². The Hall–Kier alpha value is -1.75. The minimum Gasteiger partial charge on any atom is -0.348 e. The number of hydrogen-bond acceptors (Lipinski definition) is 1. The van der Waals surface area contributed by atoms with Crippen LogP contribution in [0, 0.1) is 11.6 Å². The Morgan fingerprint density at radius 3 is 2.58 bits per heavy atom. The van der Waals surface area contributed by atoms with E-state index in [-0.39, 0.29) is 12.5 Å². The molecular weight excluding hydrogens is 316 g/mol. The maximum absolute atomic E-state index is 13.0. The van der Waals surface area contributed by atoms with Crippen molar-refractivity contribution in [2.75, 3.05) is 0 Å². The Bertz CT molecular complexity index is 552. The van der Waals surface area contributed by atoms with Crippen molar-refractivity contribution >= 4 is 21.8 Å². The van der Waals surface area contributed by atoms with Crippen LogP contribution < -0.4 is 5.32 Å². The van der Waals surface area contributed by atoms with E-state index in [4.69, 9.17) is 0 Å². The second-order valence-electron chi connectivity index (χ2n) is 3.65. The minimum absolute atomic E-state index is 0.0881. The molecule has 0 aromatic heterocycles. The number of benzene rings is 1. The summed E-state index contributed by atoms with van der Waals surface area (Å²) in [4.78, 5) is 11.8. The average molecular weight is 328 g/mol. The molecule has 1 aromatic rings. The van der Waals surface area contributed by atoms with E-state index < -0.39 is 11.6 Å². The minimum atomic E-state index is -0.946. The molecule has 0 spiro atoms. The molecule has 19 heavy (non-hydrogen) atoms. The van der Waals surface area contributed by atoms with Crippen LogP contribution in [0.25, 0.3) is 0 Å². The topological polar surface area (TPSA) is 29.1 Å². The first kappa shape index (κ1) is 15.3. The Morgan fingerprint density at radius 2 is 2.05 bits per heavy atom. The van der Waals surface area contributed by atoms with Crippen LogP contribution >= 0.6 is 15.9 Å². The van der Waals surface area contributed by atoms with Crippen molar-refractivity contribution in [3.05, 3.63) is 70.8 Å². The summed E-state index contributed by atoms with van der Waals surface area (Å²) in [6.07, 6.45) is 2.95. The number of carbonyl (C=O) groups excluding carboxylic acids is 1. The van der Waals surface area contributed by atoms with Crippen molar-refractivity contribution in [3.63, 3.8) is 0 Å². The summed E-state index contributed by atoms with van der Waals surface area (Å²) >= 11 is 3.11. The first-order valence-electron chi connectivity index (χ1n) is 5.35. The van der Waals surface area contributed by atoms with Crippen LogP contribution in [0.4, 0.5) is 8.78 Å². The van der Waals surface area contributed by atoms with Gasteiger partial charge in [-0.3, -0.25) is 4.79 Å². The van der Waals surface area contributed by atoms with E-state index in [2.05, 4.69) is 34.4 Å². The van der Waals surface area contributed by atoms with Gasteiger partial charge in [-0.2, -0.15) is 0 Å². The fraction of sp³-hybridized carbons (Fsp3) is 0.0714. The molecule has 0 bridgehead atoms. The predicted molar refractivity (Wildman–Crippen MR) is 74.6 cm³/mol. The summed E-state index contributed by atoms with van der Waals surface area (Å²) in [5.74, 6) is -2.25. The summed E-state index contributed by atoms with van der Waals surface area (Å²) in [7, 11) is 0. The molecule has 1 amide bonds. The van der Waals surface area contributed by atoms with E-state index in [1.165, 1.54) is 18.2 Å². The number of carbonyl (C=O) groups is 1. The molecule has 0 unspecified atom stereocenters. The van der Waals surface area contributed by atoms with Crippen LogP contribution in [0.3, 0.4) is 0 Å². The number of hydrogen-bond donors (Lipinski definition) is 1. The zero-order chi connectivity index (χ0) is 14.4. The zero-order valence-electron chi connectivity index (χ0n) is 10.1. The third-order valence-electron chi connectivity index (χ3n) is 2.26. The summed E-state index contributed by atoms with van der Waals surface area (Å²) in [5.41, 5.74) is 0.781. The fourth-order valence-corrected chi connectivity index (χ4v) is 1.65. The van der Waals surface area contributed by atoms with Crippen molar-refractivity contribution in [1.29, 1.82) is 0 Å². The van der Waals surface area contributed by atoms with E-state index in [0.29, 0.717) is 15.6 Å². The van der Waals surface area contributed by atoms with E-state index in [9.17, 15) is 13.6 Å². The molecule has 2 nitrogen and oxygen atoms in total. The van der Waals surface area contributed by atoms with Crippen LogP contribution in [0.15, 0.2) is 53.6 Å². The van der Waals surface area contributed by atoms with E-state index in [1.54, 1.807) is 0 Å². The van der Waals surface area contributed by atoms with Gasteiger partial charge in [0.05, 0.1) is 5.57 Å². The van der Waals surface area contributed by atoms with E-state index in [0.717, 1.165) is 12.1 Å². The number of halogens is 3. The van der Waals surface area contributed by atoms with E-state index in [1.807, 2.05) is 0 Å². The van der Waals surface area contributed by atoms with Gasteiger partial charge in [0.15, 0.2) is 11.6 Å². The highest BCUT2D eigenvalue weighted by atomic mass is 79.9. The number of rotatable bonds is 5. The van der Waals surface area contributed by atoms with Gasteiger partial charge < -0.3 is 5.32 Å². The summed E-state index contributed by atoms with van der Waals surface area (Å²) in [6.45, 7) is 7.19. The Balaban J connectivity index is 2.73. The number of allylic oxidation sites excluding steroid dienone is 2. The number of nitrogens with one attached hydrogen (secondary N) is 1. The lowest BCUT2D eigenvalue weighted by Gasteiger charge is -2.08. The number of amides is 1. The first-order chi connectivity index (χ1) is 8.95. The van der Waals surface area contributed by atoms with Crippen molar-refractivity contribution in [2.24, 2.45) is 0 Å². The zero-order valence-corrected chi connectivity index (χ0v) is 11.6. The average Bonchev–Trinajstić information content (AvgIpc) is 2.36. The molecule has 0 saturated carbocycles. The Labute approximate surface area is 118 Å². The molecule has 100 valence electrons. The Morgan fingerprint density at radius 1 is 1.37 bits per heavy atom. The molecule has 0 radical (unpaired) electrons. The van der Waals surface area contributed by atoms with Crippen LogP contribution in [0.1, 0.15) is 5.56 Å². The predicted octanol–water partition coefficient (Wildman–Crippen LogP) is 3.60.